The van der Waals surface area contributed by atoms with Gasteiger partial charge >= 0.3 is 11.9 Å². The average Bonchev–Trinajstić information content (AvgIpc) is 3.07. The molecule has 2 aliphatic carbocycles. The Morgan fingerprint density at radius 1 is 1.08 bits per heavy atom. The first-order chi connectivity index (χ1) is 16.8. The fraction of sp³-hybridized carbons (Fsp3) is 0.517. The molecule has 0 bridgehead atoms. The zero-order valence-corrected chi connectivity index (χ0v) is 21.8. The molecule has 0 spiro atoms. The molecule has 0 saturated heterocycles. The van der Waals surface area contributed by atoms with Crippen molar-refractivity contribution >= 4 is 23.5 Å². The quantitative estimate of drug-likeness (QED) is 0.493. The Morgan fingerprint density at radius 3 is 2.33 bits per heavy atom. The zero-order chi connectivity index (χ0) is 26.8. The van der Waals surface area contributed by atoms with E-state index in [0.717, 1.165) is 0 Å². The molecule has 1 N–H and O–H groups in total. The molecular formula is C29H36O7. The summed E-state index contributed by atoms with van der Waals surface area (Å²) in [5, 5.41) is 10.9. The normalized spacial score (nSPS) is 34.9. The molecule has 194 valence electrons. The number of ether oxygens (including phenoxy) is 2. The molecule has 0 aromatic heterocycles. The van der Waals surface area contributed by atoms with Gasteiger partial charge in [-0.1, -0.05) is 50.3 Å². The first kappa shape index (κ1) is 27.5. The maximum Gasteiger partial charge on any atom is 0.338 e. The van der Waals surface area contributed by atoms with Crippen LogP contribution in [0.15, 0.2) is 54.1 Å². The van der Waals surface area contributed by atoms with Crippen LogP contribution in [0.4, 0.5) is 0 Å². The minimum Gasteiger partial charge on any atom is -0.458 e. The minimum atomic E-state index is -1.59. The number of benzene rings is 1. The third-order valence-electron chi connectivity index (χ3n) is 7.35. The second-order valence-corrected chi connectivity index (χ2v) is 10.7. The highest BCUT2D eigenvalue weighted by atomic mass is 16.6. The SMILES string of the molecule is CC(=O)O[C@]12C[C@@H](C)[C@H](OC(=O)c3ccccc3)[C@@H]1/C=C(/C)[C@H](O)CC(=O)C(C)(C)/C=C\[C@@H](C)C2=O. The largest absolute Gasteiger partial charge is 0.458 e. The van der Waals surface area contributed by atoms with Crippen molar-refractivity contribution in [3.05, 3.63) is 59.7 Å². The summed E-state index contributed by atoms with van der Waals surface area (Å²) in [5.74, 6) is -3.53. The van der Waals surface area contributed by atoms with Gasteiger partial charge in [0.05, 0.1) is 17.6 Å². The molecule has 3 rings (SSSR count). The lowest BCUT2D eigenvalue weighted by atomic mass is 9.76. The van der Waals surface area contributed by atoms with Crippen molar-refractivity contribution in [2.75, 3.05) is 0 Å². The second kappa shape index (κ2) is 10.5. The van der Waals surface area contributed by atoms with Gasteiger partial charge in [0.2, 0.25) is 0 Å². The van der Waals surface area contributed by atoms with Crippen LogP contribution in [0.25, 0.3) is 0 Å². The number of esters is 2. The van der Waals surface area contributed by atoms with E-state index in [1.54, 1.807) is 76.3 Å². The van der Waals surface area contributed by atoms with Crippen LogP contribution < -0.4 is 0 Å². The molecule has 0 radical (unpaired) electrons. The number of hydrogen-bond acceptors (Lipinski definition) is 7. The van der Waals surface area contributed by atoms with Crippen molar-refractivity contribution < 1.29 is 33.8 Å². The molecule has 1 aromatic carbocycles. The monoisotopic (exact) mass is 496 g/mol. The third-order valence-corrected chi connectivity index (χ3v) is 7.35. The number of hydrogen-bond donors (Lipinski definition) is 1. The van der Waals surface area contributed by atoms with Crippen molar-refractivity contribution in [2.45, 2.75) is 72.2 Å². The molecular weight excluding hydrogens is 460 g/mol. The molecule has 36 heavy (non-hydrogen) atoms. The van der Waals surface area contributed by atoms with Crippen molar-refractivity contribution in [3.8, 4) is 0 Å². The molecule has 0 aliphatic heterocycles. The summed E-state index contributed by atoms with van der Waals surface area (Å²) >= 11 is 0. The highest BCUT2D eigenvalue weighted by Crippen LogP contribution is 2.48. The van der Waals surface area contributed by atoms with Crippen molar-refractivity contribution in [1.82, 2.24) is 0 Å². The van der Waals surface area contributed by atoms with Gasteiger partial charge in [0.1, 0.15) is 11.9 Å². The minimum absolute atomic E-state index is 0.112. The molecule has 1 fully saturated rings. The van der Waals surface area contributed by atoms with Crippen LogP contribution >= 0.6 is 0 Å². The Bertz CT molecular complexity index is 1080. The van der Waals surface area contributed by atoms with E-state index in [1.165, 1.54) is 6.92 Å². The number of rotatable bonds is 3. The van der Waals surface area contributed by atoms with Crippen LogP contribution in [0.5, 0.6) is 0 Å². The Labute approximate surface area is 212 Å². The van der Waals surface area contributed by atoms with Gasteiger partial charge in [0.15, 0.2) is 11.4 Å². The summed E-state index contributed by atoms with van der Waals surface area (Å²) in [6.07, 6.45) is 3.12. The van der Waals surface area contributed by atoms with Crippen LogP contribution in [-0.2, 0) is 23.9 Å². The van der Waals surface area contributed by atoms with E-state index in [1.807, 2.05) is 6.92 Å². The smallest absolute Gasteiger partial charge is 0.338 e. The highest BCUT2D eigenvalue weighted by molar-refractivity contribution is 5.94. The van der Waals surface area contributed by atoms with Crippen LogP contribution in [0.1, 0.15) is 64.7 Å². The van der Waals surface area contributed by atoms with Gasteiger partial charge in [0, 0.05) is 31.1 Å². The Hall–Kier alpha value is -3.06. The van der Waals surface area contributed by atoms with Gasteiger partial charge in [-0.3, -0.25) is 14.4 Å². The molecule has 7 nitrogen and oxygen atoms in total. The highest BCUT2D eigenvalue weighted by Gasteiger charge is 2.60. The predicted molar refractivity (Wildman–Crippen MR) is 134 cm³/mol. The zero-order valence-electron chi connectivity index (χ0n) is 21.8. The summed E-state index contributed by atoms with van der Waals surface area (Å²) in [6, 6.07) is 8.52. The number of carbonyl (C=O) groups excluding carboxylic acids is 4. The molecule has 2 aliphatic rings. The fourth-order valence-corrected chi connectivity index (χ4v) is 5.16. The standard InChI is InChI=1S/C29H36O7/c1-17-12-13-28(5,6)24(32)15-23(31)18(2)14-22-25(35-27(34)21-10-8-7-9-11-21)19(3)16-29(22,26(17)33)36-20(4)30/h7-14,17,19,22-23,25,31H,15-16H2,1-6H3/b13-12-,18-14-/t17-,19-,22+,23-,25+,29-/m1/s1. The number of aliphatic hydroxyl groups is 1. The van der Waals surface area contributed by atoms with Crippen LogP contribution in [0.2, 0.25) is 0 Å². The van der Waals surface area contributed by atoms with E-state index in [0.29, 0.717) is 11.1 Å². The van der Waals surface area contributed by atoms with E-state index in [-0.39, 0.29) is 30.3 Å². The lowest BCUT2D eigenvalue weighted by molar-refractivity contribution is -0.171. The van der Waals surface area contributed by atoms with E-state index in [9.17, 15) is 24.3 Å². The van der Waals surface area contributed by atoms with Crippen molar-refractivity contribution in [2.24, 2.45) is 23.2 Å². The van der Waals surface area contributed by atoms with E-state index >= 15 is 0 Å². The average molecular weight is 497 g/mol. The van der Waals surface area contributed by atoms with Gasteiger partial charge in [-0.05, 0) is 44.4 Å². The van der Waals surface area contributed by atoms with Gasteiger partial charge in [-0.2, -0.15) is 0 Å². The fourth-order valence-electron chi connectivity index (χ4n) is 5.16. The number of ketones is 2. The number of Topliss-reactive ketones (excluding diaryl/α,β-unsaturated/α-hetero) is 2. The maximum atomic E-state index is 14.0. The molecule has 1 saturated carbocycles. The van der Waals surface area contributed by atoms with E-state index < -0.39 is 47.0 Å². The molecule has 6 atom stereocenters. The number of aliphatic hydroxyl groups excluding tert-OH is 1. The van der Waals surface area contributed by atoms with E-state index in [4.69, 9.17) is 9.47 Å². The third kappa shape index (κ3) is 5.51. The van der Waals surface area contributed by atoms with Crippen molar-refractivity contribution in [1.29, 1.82) is 0 Å². The molecule has 0 unspecified atom stereocenters. The number of allylic oxidation sites excluding steroid dienone is 2. The maximum absolute atomic E-state index is 14.0. The first-order valence-corrected chi connectivity index (χ1v) is 12.4. The molecule has 0 amide bonds. The summed E-state index contributed by atoms with van der Waals surface area (Å²) in [6.45, 7) is 9.94. The van der Waals surface area contributed by atoms with Crippen molar-refractivity contribution in [3.63, 3.8) is 0 Å². The van der Waals surface area contributed by atoms with Gasteiger partial charge in [-0.15, -0.1) is 0 Å². The summed E-state index contributed by atoms with van der Waals surface area (Å²) in [4.78, 5) is 52.2. The lowest BCUT2D eigenvalue weighted by Crippen LogP contribution is -2.50. The van der Waals surface area contributed by atoms with Crippen LogP contribution in [0, 0.1) is 23.2 Å². The topological polar surface area (TPSA) is 107 Å². The van der Waals surface area contributed by atoms with Gasteiger partial charge < -0.3 is 14.6 Å². The molecule has 1 aromatic rings. The molecule has 7 heteroatoms. The number of carbonyl (C=O) groups is 4. The Balaban J connectivity index is 2.15. The molecule has 0 heterocycles. The predicted octanol–water partition coefficient (Wildman–Crippen LogP) is 4.24. The summed E-state index contributed by atoms with van der Waals surface area (Å²) in [7, 11) is 0. The number of fused-ring (bicyclic) bond motifs is 1. The summed E-state index contributed by atoms with van der Waals surface area (Å²) < 4.78 is 11.8. The van der Waals surface area contributed by atoms with E-state index in [2.05, 4.69) is 0 Å². The second-order valence-electron chi connectivity index (χ2n) is 10.7. The van der Waals surface area contributed by atoms with Gasteiger partial charge in [-0.25, -0.2) is 4.79 Å². The Morgan fingerprint density at radius 2 is 1.72 bits per heavy atom. The first-order valence-electron chi connectivity index (χ1n) is 12.4. The van der Waals surface area contributed by atoms with Crippen LogP contribution in [-0.4, -0.2) is 46.4 Å². The Kier molecular flexibility index (Phi) is 8.04. The summed E-state index contributed by atoms with van der Waals surface area (Å²) in [5.41, 5.74) is -1.68. The van der Waals surface area contributed by atoms with Crippen LogP contribution in [0.3, 0.4) is 0 Å². The lowest BCUT2D eigenvalue weighted by Gasteiger charge is -2.36. The van der Waals surface area contributed by atoms with Gasteiger partial charge in [0.25, 0.3) is 0 Å².